The molecule has 13 heavy (non-hydrogen) atoms. The monoisotopic (exact) mass is 196 g/mol. The molecule has 2 nitrogen and oxygen atoms in total. The second kappa shape index (κ2) is 4.67. The molecule has 0 aliphatic carbocycles. The summed E-state index contributed by atoms with van der Waals surface area (Å²) in [4.78, 5) is 10.7. The molecule has 0 aromatic heterocycles. The average molecular weight is 197 g/mol. The van der Waals surface area contributed by atoms with E-state index in [0.717, 1.165) is 11.6 Å². The molecule has 0 aliphatic heterocycles. The zero-order chi connectivity index (χ0) is 9.68. The van der Waals surface area contributed by atoms with E-state index < -0.39 is 5.97 Å². The van der Waals surface area contributed by atoms with Crippen molar-refractivity contribution < 1.29 is 9.53 Å². The van der Waals surface area contributed by atoms with Crippen LogP contribution in [0.2, 0.25) is 5.02 Å². The summed E-state index contributed by atoms with van der Waals surface area (Å²) in [6.07, 6.45) is 1.13. The summed E-state index contributed by atoms with van der Waals surface area (Å²) in [7, 11) is 0. The van der Waals surface area contributed by atoms with E-state index >= 15 is 0 Å². The molecule has 0 saturated heterocycles. The lowest BCUT2D eigenvalue weighted by Crippen LogP contribution is -1.99. The third-order valence-corrected chi connectivity index (χ3v) is 1.71. The molecule has 0 spiro atoms. The van der Waals surface area contributed by atoms with Crippen molar-refractivity contribution in [3.63, 3.8) is 0 Å². The Morgan fingerprint density at radius 1 is 1.46 bits per heavy atom. The first-order chi connectivity index (χ1) is 6.22. The van der Waals surface area contributed by atoms with E-state index in [0.29, 0.717) is 5.02 Å². The molecule has 1 rings (SSSR count). The molecule has 0 aliphatic rings. The second-order valence-electron chi connectivity index (χ2n) is 2.44. The van der Waals surface area contributed by atoms with E-state index in [9.17, 15) is 4.79 Å². The standard InChI is InChI=1S/C10H9ClO2/c1-2-10(12)13-7-8-3-5-9(11)6-4-8/h2-6H,1,7H2. The number of carbonyl (C=O) groups is 1. The zero-order valence-corrected chi connectivity index (χ0v) is 7.75. The molecule has 1 aromatic rings. The van der Waals surface area contributed by atoms with Crippen LogP contribution in [0.15, 0.2) is 36.9 Å². The van der Waals surface area contributed by atoms with E-state index in [2.05, 4.69) is 6.58 Å². The molecule has 0 atom stereocenters. The summed E-state index contributed by atoms with van der Waals surface area (Å²) in [5.41, 5.74) is 0.902. The van der Waals surface area contributed by atoms with Gasteiger partial charge in [-0.15, -0.1) is 0 Å². The van der Waals surface area contributed by atoms with Crippen molar-refractivity contribution in [2.45, 2.75) is 6.61 Å². The van der Waals surface area contributed by atoms with Crippen LogP contribution in [0.5, 0.6) is 0 Å². The highest BCUT2D eigenvalue weighted by Crippen LogP contribution is 2.10. The molecule has 68 valence electrons. The van der Waals surface area contributed by atoms with E-state index in [4.69, 9.17) is 16.3 Å². The Hall–Kier alpha value is -1.28. The number of hydrogen-bond donors (Lipinski definition) is 0. The van der Waals surface area contributed by atoms with Gasteiger partial charge in [0.25, 0.3) is 0 Å². The lowest BCUT2D eigenvalue weighted by Gasteiger charge is -2.01. The molecular formula is C10H9ClO2. The van der Waals surface area contributed by atoms with Crippen molar-refractivity contribution in [1.82, 2.24) is 0 Å². The van der Waals surface area contributed by atoms with E-state index in [1.165, 1.54) is 0 Å². The number of esters is 1. The Balaban J connectivity index is 2.50. The van der Waals surface area contributed by atoms with Gasteiger partial charge in [0.05, 0.1) is 0 Å². The maximum Gasteiger partial charge on any atom is 0.330 e. The minimum absolute atomic E-state index is 0.252. The van der Waals surface area contributed by atoms with Crippen LogP contribution < -0.4 is 0 Å². The van der Waals surface area contributed by atoms with Crippen molar-refractivity contribution in [2.75, 3.05) is 0 Å². The van der Waals surface area contributed by atoms with Crippen LogP contribution in [-0.2, 0) is 16.1 Å². The zero-order valence-electron chi connectivity index (χ0n) is 7.00. The summed E-state index contributed by atoms with van der Waals surface area (Å²) < 4.78 is 4.82. The smallest absolute Gasteiger partial charge is 0.330 e. The molecule has 0 heterocycles. The van der Waals surface area contributed by atoms with Gasteiger partial charge < -0.3 is 4.74 Å². The Morgan fingerprint density at radius 3 is 2.62 bits per heavy atom. The lowest BCUT2D eigenvalue weighted by atomic mass is 10.2. The molecule has 0 radical (unpaired) electrons. The maximum absolute atomic E-state index is 10.7. The largest absolute Gasteiger partial charge is 0.458 e. The minimum Gasteiger partial charge on any atom is -0.458 e. The van der Waals surface area contributed by atoms with Crippen molar-refractivity contribution in [3.05, 3.63) is 47.5 Å². The van der Waals surface area contributed by atoms with Crippen LogP contribution in [0.1, 0.15) is 5.56 Å². The van der Waals surface area contributed by atoms with Gasteiger partial charge in [0.1, 0.15) is 6.61 Å². The first-order valence-electron chi connectivity index (χ1n) is 3.76. The second-order valence-corrected chi connectivity index (χ2v) is 2.87. The van der Waals surface area contributed by atoms with Crippen molar-refractivity contribution in [1.29, 1.82) is 0 Å². The van der Waals surface area contributed by atoms with Gasteiger partial charge in [-0.05, 0) is 17.7 Å². The average Bonchev–Trinajstić information content (AvgIpc) is 2.16. The molecule has 3 heteroatoms. The number of benzene rings is 1. The first kappa shape index (κ1) is 9.81. The predicted octanol–water partition coefficient (Wildman–Crippen LogP) is 2.57. The Bertz CT molecular complexity index is 303. The maximum atomic E-state index is 10.7. The minimum atomic E-state index is -0.421. The van der Waals surface area contributed by atoms with Crippen LogP contribution in [0.4, 0.5) is 0 Å². The van der Waals surface area contributed by atoms with Crippen molar-refractivity contribution in [2.24, 2.45) is 0 Å². The topological polar surface area (TPSA) is 26.3 Å². The summed E-state index contributed by atoms with van der Waals surface area (Å²) in [5, 5.41) is 0.666. The van der Waals surface area contributed by atoms with Gasteiger partial charge in [-0.1, -0.05) is 30.3 Å². The lowest BCUT2D eigenvalue weighted by molar-refractivity contribution is -0.138. The molecule has 1 aromatic carbocycles. The molecule has 0 N–H and O–H groups in total. The molecule has 0 unspecified atom stereocenters. The number of hydrogen-bond acceptors (Lipinski definition) is 2. The normalized spacial score (nSPS) is 9.31. The predicted molar refractivity (Wildman–Crippen MR) is 51.4 cm³/mol. The highest BCUT2D eigenvalue weighted by atomic mass is 35.5. The summed E-state index contributed by atoms with van der Waals surface area (Å²) in [6, 6.07) is 7.11. The Morgan fingerprint density at radius 2 is 2.08 bits per heavy atom. The fourth-order valence-electron chi connectivity index (χ4n) is 0.794. The highest BCUT2D eigenvalue weighted by molar-refractivity contribution is 6.30. The quantitative estimate of drug-likeness (QED) is 0.549. The highest BCUT2D eigenvalue weighted by Gasteiger charge is 1.96. The van der Waals surface area contributed by atoms with Gasteiger partial charge in [-0.3, -0.25) is 0 Å². The van der Waals surface area contributed by atoms with Gasteiger partial charge >= 0.3 is 5.97 Å². The molecular weight excluding hydrogens is 188 g/mol. The molecule has 0 saturated carbocycles. The van der Waals surface area contributed by atoms with Crippen LogP contribution in [0, 0.1) is 0 Å². The van der Waals surface area contributed by atoms with Crippen LogP contribution in [0.25, 0.3) is 0 Å². The summed E-state index contributed by atoms with van der Waals surface area (Å²) in [5.74, 6) is -0.421. The number of halogens is 1. The van der Waals surface area contributed by atoms with Crippen LogP contribution in [-0.4, -0.2) is 5.97 Å². The van der Waals surface area contributed by atoms with Crippen molar-refractivity contribution in [3.8, 4) is 0 Å². The van der Waals surface area contributed by atoms with E-state index in [1.807, 2.05) is 0 Å². The fraction of sp³-hybridized carbons (Fsp3) is 0.100. The van der Waals surface area contributed by atoms with E-state index in [-0.39, 0.29) is 6.61 Å². The fourth-order valence-corrected chi connectivity index (χ4v) is 0.920. The third-order valence-electron chi connectivity index (χ3n) is 1.46. The SMILES string of the molecule is C=CC(=O)OCc1ccc(Cl)cc1. The number of rotatable bonds is 3. The number of carbonyl (C=O) groups excluding carboxylic acids is 1. The molecule has 0 amide bonds. The van der Waals surface area contributed by atoms with Gasteiger partial charge in [0.2, 0.25) is 0 Å². The first-order valence-corrected chi connectivity index (χ1v) is 4.14. The Labute approximate surface area is 81.8 Å². The third kappa shape index (κ3) is 3.30. The van der Waals surface area contributed by atoms with Gasteiger partial charge in [0, 0.05) is 11.1 Å². The van der Waals surface area contributed by atoms with Gasteiger partial charge in [-0.25, -0.2) is 4.79 Å². The summed E-state index contributed by atoms with van der Waals surface area (Å²) >= 11 is 5.68. The van der Waals surface area contributed by atoms with Gasteiger partial charge in [0.15, 0.2) is 0 Å². The Kier molecular flexibility index (Phi) is 3.53. The van der Waals surface area contributed by atoms with Crippen LogP contribution in [0.3, 0.4) is 0 Å². The van der Waals surface area contributed by atoms with Gasteiger partial charge in [-0.2, -0.15) is 0 Å². The molecule has 0 bridgehead atoms. The van der Waals surface area contributed by atoms with Crippen molar-refractivity contribution >= 4 is 17.6 Å². The summed E-state index contributed by atoms with van der Waals surface area (Å²) in [6.45, 7) is 3.54. The van der Waals surface area contributed by atoms with Crippen LogP contribution >= 0.6 is 11.6 Å². The number of ether oxygens (including phenoxy) is 1. The molecule has 0 fully saturated rings. The van der Waals surface area contributed by atoms with E-state index in [1.54, 1.807) is 24.3 Å².